The molecular weight excluding hydrogens is 174 g/mol. The standard InChI is InChI=1S/C11H17N3/c1-10-5-6-12-11(13-9-10)14-7-3-2-4-8-14/h5,9H,2-4,6-8H2,1H3. The summed E-state index contributed by atoms with van der Waals surface area (Å²) in [6.07, 6.45) is 7.94. The van der Waals surface area contributed by atoms with Gasteiger partial charge in [0, 0.05) is 19.3 Å². The average Bonchev–Trinajstić information content (AvgIpc) is 2.44. The third kappa shape index (κ3) is 2.22. The minimum absolute atomic E-state index is 0.775. The van der Waals surface area contributed by atoms with Crippen LogP contribution in [0.15, 0.2) is 21.6 Å². The van der Waals surface area contributed by atoms with Crippen molar-refractivity contribution in [2.24, 2.45) is 9.98 Å². The molecule has 0 aromatic rings. The Morgan fingerprint density at radius 1 is 1.21 bits per heavy atom. The van der Waals surface area contributed by atoms with Crippen molar-refractivity contribution in [1.82, 2.24) is 4.90 Å². The highest BCUT2D eigenvalue weighted by Crippen LogP contribution is 2.11. The second kappa shape index (κ2) is 4.40. The maximum atomic E-state index is 4.47. The molecule has 2 rings (SSSR count). The summed E-state index contributed by atoms with van der Waals surface area (Å²) in [6.45, 7) is 5.08. The predicted octanol–water partition coefficient (Wildman–Crippen LogP) is 1.86. The molecule has 1 saturated heterocycles. The Hall–Kier alpha value is -1.12. The molecule has 14 heavy (non-hydrogen) atoms. The van der Waals surface area contributed by atoms with E-state index in [1.54, 1.807) is 0 Å². The maximum Gasteiger partial charge on any atom is 0.220 e. The van der Waals surface area contributed by atoms with Gasteiger partial charge >= 0.3 is 0 Å². The molecule has 0 aliphatic carbocycles. The van der Waals surface area contributed by atoms with E-state index >= 15 is 0 Å². The minimum atomic E-state index is 0.775. The third-order valence-corrected chi connectivity index (χ3v) is 2.67. The first-order valence-corrected chi connectivity index (χ1v) is 5.36. The Balaban J connectivity index is 2.03. The topological polar surface area (TPSA) is 28.0 Å². The first kappa shape index (κ1) is 9.44. The number of guanidine groups is 1. The summed E-state index contributed by atoms with van der Waals surface area (Å²) < 4.78 is 0. The molecule has 3 heteroatoms. The van der Waals surface area contributed by atoms with Gasteiger partial charge in [0.2, 0.25) is 5.96 Å². The number of piperidine rings is 1. The number of likely N-dealkylation sites (tertiary alicyclic amines) is 1. The van der Waals surface area contributed by atoms with E-state index in [4.69, 9.17) is 0 Å². The van der Waals surface area contributed by atoms with Gasteiger partial charge in [-0.25, -0.2) is 9.98 Å². The van der Waals surface area contributed by atoms with E-state index in [9.17, 15) is 0 Å². The molecule has 0 bridgehead atoms. The van der Waals surface area contributed by atoms with Gasteiger partial charge in [-0.05, 0) is 31.8 Å². The van der Waals surface area contributed by atoms with Crippen molar-refractivity contribution in [2.45, 2.75) is 26.2 Å². The van der Waals surface area contributed by atoms with Gasteiger partial charge in [-0.3, -0.25) is 0 Å². The summed E-state index contributed by atoms with van der Waals surface area (Å²) in [5, 5.41) is 0. The van der Waals surface area contributed by atoms with Crippen molar-refractivity contribution in [3.8, 4) is 0 Å². The smallest absolute Gasteiger partial charge is 0.220 e. The molecule has 0 atom stereocenters. The molecule has 1 fully saturated rings. The third-order valence-electron chi connectivity index (χ3n) is 2.67. The molecule has 3 nitrogen and oxygen atoms in total. The molecule has 2 heterocycles. The van der Waals surface area contributed by atoms with Gasteiger partial charge in [0.25, 0.3) is 0 Å². The molecule has 0 unspecified atom stereocenters. The zero-order valence-corrected chi connectivity index (χ0v) is 8.74. The Bertz CT molecular complexity index is 283. The summed E-state index contributed by atoms with van der Waals surface area (Å²) in [4.78, 5) is 11.2. The Morgan fingerprint density at radius 3 is 2.79 bits per heavy atom. The van der Waals surface area contributed by atoms with Gasteiger partial charge in [-0.1, -0.05) is 6.08 Å². The quantitative estimate of drug-likeness (QED) is 0.574. The SMILES string of the molecule is CC1=CCN=C(N2CCCCC2)N=C1. The van der Waals surface area contributed by atoms with E-state index < -0.39 is 0 Å². The fraction of sp³-hybridized carbons (Fsp3) is 0.636. The summed E-state index contributed by atoms with van der Waals surface area (Å²) >= 11 is 0. The van der Waals surface area contributed by atoms with Crippen LogP contribution in [-0.4, -0.2) is 36.7 Å². The summed E-state index contributed by atoms with van der Waals surface area (Å²) in [6, 6.07) is 0. The van der Waals surface area contributed by atoms with Crippen LogP contribution in [-0.2, 0) is 0 Å². The van der Waals surface area contributed by atoms with E-state index in [-0.39, 0.29) is 0 Å². The lowest BCUT2D eigenvalue weighted by molar-refractivity contribution is 0.339. The van der Waals surface area contributed by atoms with E-state index in [1.807, 2.05) is 6.21 Å². The molecule has 0 aromatic carbocycles. The van der Waals surface area contributed by atoms with Crippen molar-refractivity contribution in [3.63, 3.8) is 0 Å². The minimum Gasteiger partial charge on any atom is -0.341 e. The Labute approximate surface area is 85.2 Å². The predicted molar refractivity (Wildman–Crippen MR) is 60.0 cm³/mol. The molecule has 0 spiro atoms. The largest absolute Gasteiger partial charge is 0.341 e. The van der Waals surface area contributed by atoms with Gasteiger partial charge in [0.1, 0.15) is 0 Å². The molecule has 0 amide bonds. The molecule has 0 radical (unpaired) electrons. The lowest BCUT2D eigenvalue weighted by Crippen LogP contribution is -2.34. The Kier molecular flexibility index (Phi) is 2.96. The van der Waals surface area contributed by atoms with Crippen LogP contribution in [0.2, 0.25) is 0 Å². The van der Waals surface area contributed by atoms with Crippen LogP contribution >= 0.6 is 0 Å². The zero-order chi connectivity index (χ0) is 9.80. The fourth-order valence-corrected chi connectivity index (χ4v) is 1.80. The number of hydrogen-bond acceptors (Lipinski definition) is 3. The van der Waals surface area contributed by atoms with Crippen LogP contribution in [0.4, 0.5) is 0 Å². The van der Waals surface area contributed by atoms with Crippen LogP contribution < -0.4 is 0 Å². The average molecular weight is 191 g/mol. The normalized spacial score (nSPS) is 22.8. The number of allylic oxidation sites excluding steroid dienone is 1. The second-order valence-corrected chi connectivity index (χ2v) is 3.89. The van der Waals surface area contributed by atoms with Crippen LogP contribution in [0.25, 0.3) is 0 Å². The van der Waals surface area contributed by atoms with Crippen molar-refractivity contribution >= 4 is 12.2 Å². The van der Waals surface area contributed by atoms with E-state index in [2.05, 4.69) is 27.9 Å². The Morgan fingerprint density at radius 2 is 2.00 bits per heavy atom. The lowest BCUT2D eigenvalue weighted by atomic mass is 10.1. The molecule has 76 valence electrons. The van der Waals surface area contributed by atoms with Gasteiger partial charge < -0.3 is 4.90 Å². The van der Waals surface area contributed by atoms with Gasteiger partial charge in [-0.15, -0.1) is 0 Å². The summed E-state index contributed by atoms with van der Waals surface area (Å²) in [5.41, 5.74) is 1.21. The number of nitrogens with zero attached hydrogens (tertiary/aromatic N) is 3. The van der Waals surface area contributed by atoms with E-state index in [0.717, 1.165) is 25.6 Å². The fourth-order valence-electron chi connectivity index (χ4n) is 1.80. The molecule has 0 saturated carbocycles. The molecule has 0 N–H and O–H groups in total. The van der Waals surface area contributed by atoms with Crippen molar-refractivity contribution < 1.29 is 0 Å². The molecule has 0 aromatic heterocycles. The highest BCUT2D eigenvalue weighted by Gasteiger charge is 2.13. The van der Waals surface area contributed by atoms with Gasteiger partial charge in [-0.2, -0.15) is 0 Å². The zero-order valence-electron chi connectivity index (χ0n) is 8.74. The van der Waals surface area contributed by atoms with Gasteiger partial charge in [0.05, 0.1) is 6.54 Å². The van der Waals surface area contributed by atoms with Crippen molar-refractivity contribution in [2.75, 3.05) is 19.6 Å². The van der Waals surface area contributed by atoms with Crippen LogP contribution in [0.1, 0.15) is 26.2 Å². The van der Waals surface area contributed by atoms with Crippen LogP contribution in [0, 0.1) is 0 Å². The number of hydrogen-bond donors (Lipinski definition) is 0. The van der Waals surface area contributed by atoms with Gasteiger partial charge in [0.15, 0.2) is 0 Å². The molecular formula is C11H17N3. The second-order valence-electron chi connectivity index (χ2n) is 3.89. The number of rotatable bonds is 0. The first-order chi connectivity index (χ1) is 6.86. The lowest BCUT2D eigenvalue weighted by Gasteiger charge is -2.27. The summed E-state index contributed by atoms with van der Waals surface area (Å²) in [7, 11) is 0. The van der Waals surface area contributed by atoms with Crippen LogP contribution in [0.5, 0.6) is 0 Å². The van der Waals surface area contributed by atoms with E-state index in [1.165, 1.54) is 24.8 Å². The van der Waals surface area contributed by atoms with Crippen molar-refractivity contribution in [3.05, 3.63) is 11.6 Å². The van der Waals surface area contributed by atoms with E-state index in [0.29, 0.717) is 0 Å². The number of aliphatic imine (C=N–C) groups is 2. The highest BCUT2D eigenvalue weighted by atomic mass is 15.3. The van der Waals surface area contributed by atoms with Crippen LogP contribution in [0.3, 0.4) is 0 Å². The summed E-state index contributed by atoms with van der Waals surface area (Å²) in [5.74, 6) is 0.929. The monoisotopic (exact) mass is 191 g/mol. The maximum absolute atomic E-state index is 4.47. The molecule has 2 aliphatic heterocycles. The highest BCUT2D eigenvalue weighted by molar-refractivity contribution is 5.94. The first-order valence-electron chi connectivity index (χ1n) is 5.36. The molecule has 2 aliphatic rings. The van der Waals surface area contributed by atoms with Crippen molar-refractivity contribution in [1.29, 1.82) is 0 Å².